The van der Waals surface area contributed by atoms with Gasteiger partial charge in [-0.3, -0.25) is 5.32 Å². The number of fused-ring (bicyclic) bond motifs is 1. The molecule has 1 aromatic carbocycles. The van der Waals surface area contributed by atoms with Crippen molar-refractivity contribution in [3.05, 3.63) is 47.5 Å². The average molecular weight is 316 g/mol. The van der Waals surface area contributed by atoms with Gasteiger partial charge in [-0.2, -0.15) is 0 Å². The second kappa shape index (κ2) is 6.20. The van der Waals surface area contributed by atoms with Gasteiger partial charge in [-0.1, -0.05) is 12.1 Å². The third-order valence-electron chi connectivity index (χ3n) is 4.00. The van der Waals surface area contributed by atoms with Gasteiger partial charge in [0.1, 0.15) is 18.0 Å². The van der Waals surface area contributed by atoms with E-state index in [4.69, 9.17) is 4.74 Å². The first-order chi connectivity index (χ1) is 11.1. The zero-order valence-electron chi connectivity index (χ0n) is 12.9. The van der Waals surface area contributed by atoms with Crippen LogP contribution in [-0.2, 0) is 6.42 Å². The van der Waals surface area contributed by atoms with Crippen LogP contribution in [0, 0.1) is 5.82 Å². The summed E-state index contributed by atoms with van der Waals surface area (Å²) in [6, 6.07) is 5.88. The fourth-order valence-electron chi connectivity index (χ4n) is 2.84. The van der Waals surface area contributed by atoms with Gasteiger partial charge in [0.2, 0.25) is 5.88 Å². The molecule has 1 aliphatic heterocycles. The number of aromatic nitrogens is 2. The van der Waals surface area contributed by atoms with Crippen LogP contribution >= 0.6 is 0 Å². The third-order valence-corrected chi connectivity index (χ3v) is 4.00. The number of methoxy groups -OCH3 is 1. The van der Waals surface area contributed by atoms with Crippen LogP contribution in [0.4, 0.5) is 15.0 Å². The van der Waals surface area contributed by atoms with Crippen molar-refractivity contribution in [1.29, 1.82) is 0 Å². The Morgan fingerprint density at radius 3 is 3.04 bits per heavy atom. The number of carbonyl (C=O) groups excluding carboxylic acids is 1. The number of urea groups is 1. The van der Waals surface area contributed by atoms with Gasteiger partial charge in [-0.25, -0.2) is 19.2 Å². The number of halogens is 1. The van der Waals surface area contributed by atoms with E-state index in [0.717, 1.165) is 5.56 Å². The molecule has 1 aliphatic rings. The molecule has 0 aliphatic carbocycles. The second-order valence-electron chi connectivity index (χ2n) is 5.31. The van der Waals surface area contributed by atoms with Crippen LogP contribution in [0.5, 0.6) is 5.88 Å². The number of amides is 2. The van der Waals surface area contributed by atoms with E-state index in [1.807, 2.05) is 13.0 Å². The van der Waals surface area contributed by atoms with Crippen LogP contribution in [0.25, 0.3) is 0 Å². The van der Waals surface area contributed by atoms with E-state index in [2.05, 4.69) is 15.3 Å². The van der Waals surface area contributed by atoms with Gasteiger partial charge in [0.15, 0.2) is 0 Å². The molecule has 0 spiro atoms. The Labute approximate surface area is 133 Å². The summed E-state index contributed by atoms with van der Waals surface area (Å²) in [5, 5.41) is 2.70. The summed E-state index contributed by atoms with van der Waals surface area (Å²) < 4.78 is 19.1. The molecule has 1 unspecified atom stereocenters. The summed E-state index contributed by atoms with van der Waals surface area (Å²) in [6.45, 7) is 2.34. The third kappa shape index (κ3) is 2.94. The Bertz CT molecular complexity index is 738. The zero-order chi connectivity index (χ0) is 16.4. The van der Waals surface area contributed by atoms with E-state index in [1.54, 1.807) is 11.0 Å². The number of nitrogens with zero attached hydrogens (tertiary/aromatic N) is 3. The van der Waals surface area contributed by atoms with Crippen molar-refractivity contribution in [3.8, 4) is 5.88 Å². The lowest BCUT2D eigenvalue weighted by atomic mass is 9.93. The molecule has 0 fully saturated rings. The topological polar surface area (TPSA) is 67.3 Å². The van der Waals surface area contributed by atoms with Gasteiger partial charge < -0.3 is 9.64 Å². The van der Waals surface area contributed by atoms with E-state index in [1.165, 1.54) is 25.6 Å². The lowest BCUT2D eigenvalue weighted by molar-refractivity contribution is 0.186. The summed E-state index contributed by atoms with van der Waals surface area (Å²) >= 11 is 0. The van der Waals surface area contributed by atoms with Crippen molar-refractivity contribution in [1.82, 2.24) is 14.9 Å². The van der Waals surface area contributed by atoms with Crippen molar-refractivity contribution in [2.45, 2.75) is 19.4 Å². The molecule has 6 nitrogen and oxygen atoms in total. The molecule has 2 aromatic rings. The van der Waals surface area contributed by atoms with Crippen molar-refractivity contribution in [2.24, 2.45) is 0 Å². The quantitative estimate of drug-likeness (QED) is 0.925. The van der Waals surface area contributed by atoms with Crippen LogP contribution in [0.2, 0.25) is 0 Å². The Morgan fingerprint density at radius 1 is 1.43 bits per heavy atom. The Balaban J connectivity index is 1.79. The minimum Gasteiger partial charge on any atom is -0.481 e. The van der Waals surface area contributed by atoms with Crippen LogP contribution in [0.1, 0.15) is 24.1 Å². The molecule has 23 heavy (non-hydrogen) atoms. The van der Waals surface area contributed by atoms with Crippen molar-refractivity contribution < 1.29 is 13.9 Å². The number of carbonyl (C=O) groups is 1. The second-order valence-corrected chi connectivity index (χ2v) is 5.31. The highest BCUT2D eigenvalue weighted by molar-refractivity contribution is 5.89. The smallest absolute Gasteiger partial charge is 0.323 e. The van der Waals surface area contributed by atoms with Crippen LogP contribution in [0.15, 0.2) is 30.6 Å². The lowest BCUT2D eigenvalue weighted by Gasteiger charge is -2.35. The number of ether oxygens (including phenoxy) is 1. The molecule has 1 aromatic heterocycles. The fraction of sp³-hybridized carbons (Fsp3) is 0.312. The van der Waals surface area contributed by atoms with Crippen LogP contribution < -0.4 is 10.1 Å². The fourth-order valence-corrected chi connectivity index (χ4v) is 2.84. The molecular formula is C16H17FN4O2. The average Bonchev–Trinajstić information content (AvgIpc) is 2.55. The maximum atomic E-state index is 14.1. The van der Waals surface area contributed by atoms with E-state index in [0.29, 0.717) is 30.2 Å². The molecule has 1 N–H and O–H groups in total. The molecule has 0 bridgehead atoms. The molecule has 0 radical (unpaired) electrons. The summed E-state index contributed by atoms with van der Waals surface area (Å²) in [4.78, 5) is 22.0. The normalized spacial score (nSPS) is 16.7. The molecule has 0 saturated heterocycles. The van der Waals surface area contributed by atoms with Crippen LogP contribution in [-0.4, -0.2) is 34.6 Å². The number of hydrogen-bond acceptors (Lipinski definition) is 4. The Morgan fingerprint density at radius 2 is 2.26 bits per heavy atom. The first-order valence-corrected chi connectivity index (χ1v) is 7.31. The minimum atomic E-state index is -0.344. The maximum Gasteiger partial charge on any atom is 0.323 e. The molecule has 3 rings (SSSR count). The monoisotopic (exact) mass is 316 g/mol. The number of rotatable bonds is 2. The largest absolute Gasteiger partial charge is 0.481 e. The lowest BCUT2D eigenvalue weighted by Crippen LogP contribution is -2.42. The molecule has 7 heteroatoms. The van der Waals surface area contributed by atoms with Gasteiger partial charge in [0, 0.05) is 18.2 Å². The first-order valence-electron chi connectivity index (χ1n) is 7.31. The highest BCUT2D eigenvalue weighted by atomic mass is 19.1. The first kappa shape index (κ1) is 15.2. The molecule has 2 heterocycles. The minimum absolute atomic E-state index is 0.281. The Hall–Kier alpha value is -2.70. The SMILES string of the molecule is COc1cc(NC(=O)N2CCc3cccc(F)c3C2C)ncn1. The van der Waals surface area contributed by atoms with Gasteiger partial charge in [0.25, 0.3) is 0 Å². The number of benzene rings is 1. The van der Waals surface area contributed by atoms with E-state index in [9.17, 15) is 9.18 Å². The highest BCUT2D eigenvalue weighted by Crippen LogP contribution is 2.31. The molecular weight excluding hydrogens is 299 g/mol. The van der Waals surface area contributed by atoms with Gasteiger partial charge in [-0.05, 0) is 25.0 Å². The van der Waals surface area contributed by atoms with Gasteiger partial charge in [-0.15, -0.1) is 0 Å². The maximum absolute atomic E-state index is 14.1. The van der Waals surface area contributed by atoms with E-state index < -0.39 is 0 Å². The predicted octanol–water partition coefficient (Wildman–Crippen LogP) is 2.78. The van der Waals surface area contributed by atoms with E-state index in [-0.39, 0.29) is 17.9 Å². The predicted molar refractivity (Wildman–Crippen MR) is 82.8 cm³/mol. The molecule has 0 saturated carbocycles. The van der Waals surface area contributed by atoms with Gasteiger partial charge >= 0.3 is 6.03 Å². The van der Waals surface area contributed by atoms with Crippen LogP contribution in [0.3, 0.4) is 0 Å². The van der Waals surface area contributed by atoms with Crippen molar-refractivity contribution in [3.63, 3.8) is 0 Å². The standard InChI is InChI=1S/C16H17FN4O2/c1-10-15-11(4-3-5-12(15)17)6-7-21(10)16(22)20-13-8-14(23-2)19-9-18-13/h3-5,8-10H,6-7H2,1-2H3,(H,18,19,20,22). The summed E-state index contributed by atoms with van der Waals surface area (Å²) in [5.74, 6) is 0.419. The summed E-state index contributed by atoms with van der Waals surface area (Å²) in [7, 11) is 1.49. The highest BCUT2D eigenvalue weighted by Gasteiger charge is 2.30. The Kier molecular flexibility index (Phi) is 4.10. The summed E-state index contributed by atoms with van der Waals surface area (Å²) in [5.41, 5.74) is 1.53. The van der Waals surface area contributed by atoms with E-state index >= 15 is 0 Å². The van der Waals surface area contributed by atoms with Crippen molar-refractivity contribution >= 4 is 11.8 Å². The molecule has 120 valence electrons. The summed E-state index contributed by atoms with van der Waals surface area (Å²) in [6.07, 6.45) is 1.93. The molecule has 2 amide bonds. The zero-order valence-corrected chi connectivity index (χ0v) is 12.9. The number of hydrogen-bond donors (Lipinski definition) is 1. The molecule has 1 atom stereocenters. The van der Waals surface area contributed by atoms with Crippen molar-refractivity contribution in [2.75, 3.05) is 19.0 Å². The number of anilines is 1. The number of nitrogens with one attached hydrogen (secondary N) is 1. The van der Waals surface area contributed by atoms with Gasteiger partial charge in [0.05, 0.1) is 13.2 Å².